The molecule has 2 aliphatic rings. The van der Waals surface area contributed by atoms with E-state index in [1.165, 1.54) is 0 Å². The lowest BCUT2D eigenvalue weighted by molar-refractivity contribution is -0.134. The Balaban J connectivity index is 1.28. The standard InChI is InChI=1S/C22H28N4O5/c1-29-18-4-2-3-5-19(18)31-15-21(27)25-11-7-17(8-12-25)26-20(6-10-23-26)24-22(28)16-9-13-30-14-16/h2-6,10,16-17H,7-9,11-15H2,1H3,(H,24,28). The second-order valence-corrected chi connectivity index (χ2v) is 7.76. The smallest absolute Gasteiger partial charge is 0.260 e. The van der Waals surface area contributed by atoms with Crippen LogP contribution in [0.3, 0.4) is 0 Å². The van der Waals surface area contributed by atoms with Gasteiger partial charge in [-0.15, -0.1) is 0 Å². The van der Waals surface area contributed by atoms with Gasteiger partial charge in [-0.1, -0.05) is 12.1 Å². The normalized spacial score (nSPS) is 19.3. The quantitative estimate of drug-likeness (QED) is 0.726. The Kier molecular flexibility index (Phi) is 6.71. The fourth-order valence-electron chi connectivity index (χ4n) is 4.00. The predicted octanol–water partition coefficient (Wildman–Crippen LogP) is 2.11. The number of piperidine rings is 1. The Morgan fingerprint density at radius 3 is 2.65 bits per heavy atom. The van der Waals surface area contributed by atoms with E-state index in [1.807, 2.05) is 27.8 Å². The van der Waals surface area contributed by atoms with E-state index in [2.05, 4.69) is 10.4 Å². The Bertz CT molecular complexity index is 901. The molecule has 0 saturated carbocycles. The molecule has 31 heavy (non-hydrogen) atoms. The molecule has 1 aromatic heterocycles. The van der Waals surface area contributed by atoms with Gasteiger partial charge in [0.05, 0.1) is 31.9 Å². The number of likely N-dealkylation sites (tertiary alicyclic amines) is 1. The van der Waals surface area contributed by atoms with Crippen molar-refractivity contribution in [1.29, 1.82) is 0 Å². The molecule has 1 N–H and O–H groups in total. The number of nitrogens with one attached hydrogen (secondary N) is 1. The number of carbonyl (C=O) groups is 2. The highest BCUT2D eigenvalue weighted by molar-refractivity contribution is 5.92. The molecule has 4 rings (SSSR count). The van der Waals surface area contributed by atoms with Gasteiger partial charge in [-0.3, -0.25) is 9.59 Å². The van der Waals surface area contributed by atoms with E-state index in [-0.39, 0.29) is 30.4 Å². The molecule has 2 fully saturated rings. The number of rotatable bonds is 7. The van der Waals surface area contributed by atoms with Crippen molar-refractivity contribution in [1.82, 2.24) is 14.7 Å². The lowest BCUT2D eigenvalue weighted by atomic mass is 10.1. The molecule has 3 heterocycles. The summed E-state index contributed by atoms with van der Waals surface area (Å²) < 4.78 is 18.1. The summed E-state index contributed by atoms with van der Waals surface area (Å²) in [5.41, 5.74) is 0. The van der Waals surface area contributed by atoms with Crippen LogP contribution >= 0.6 is 0 Å². The first-order valence-corrected chi connectivity index (χ1v) is 10.6. The molecule has 2 amide bonds. The SMILES string of the molecule is COc1ccccc1OCC(=O)N1CCC(n2nccc2NC(=O)C2CCOC2)CC1. The number of ether oxygens (including phenoxy) is 3. The number of hydrogen-bond donors (Lipinski definition) is 1. The van der Waals surface area contributed by atoms with Crippen LogP contribution in [-0.4, -0.2) is 66.5 Å². The number of aromatic nitrogens is 2. The molecule has 1 aromatic carbocycles. The van der Waals surface area contributed by atoms with Crippen LogP contribution in [0.5, 0.6) is 11.5 Å². The predicted molar refractivity (Wildman–Crippen MR) is 113 cm³/mol. The molecular formula is C22H28N4O5. The molecular weight excluding hydrogens is 400 g/mol. The minimum Gasteiger partial charge on any atom is -0.493 e. The highest BCUT2D eigenvalue weighted by Crippen LogP contribution is 2.28. The van der Waals surface area contributed by atoms with Gasteiger partial charge in [-0.25, -0.2) is 4.68 Å². The second kappa shape index (κ2) is 9.82. The fraction of sp³-hybridized carbons (Fsp3) is 0.500. The Labute approximate surface area is 181 Å². The molecule has 2 aliphatic heterocycles. The largest absolute Gasteiger partial charge is 0.493 e. The van der Waals surface area contributed by atoms with Crippen LogP contribution in [0.15, 0.2) is 36.5 Å². The first kappa shape index (κ1) is 21.2. The van der Waals surface area contributed by atoms with Crippen molar-refractivity contribution in [3.05, 3.63) is 36.5 Å². The van der Waals surface area contributed by atoms with Crippen molar-refractivity contribution >= 4 is 17.6 Å². The van der Waals surface area contributed by atoms with Crippen LogP contribution in [-0.2, 0) is 14.3 Å². The Morgan fingerprint density at radius 1 is 1.16 bits per heavy atom. The Morgan fingerprint density at radius 2 is 1.94 bits per heavy atom. The number of carbonyl (C=O) groups excluding carboxylic acids is 2. The zero-order chi connectivity index (χ0) is 21.6. The molecule has 0 radical (unpaired) electrons. The number of anilines is 1. The third-order valence-electron chi connectivity index (χ3n) is 5.81. The lowest BCUT2D eigenvalue weighted by Gasteiger charge is -2.32. The fourth-order valence-corrected chi connectivity index (χ4v) is 4.00. The summed E-state index contributed by atoms with van der Waals surface area (Å²) >= 11 is 0. The van der Waals surface area contributed by atoms with Crippen molar-refractivity contribution in [2.75, 3.05) is 45.3 Å². The van der Waals surface area contributed by atoms with E-state index < -0.39 is 0 Å². The van der Waals surface area contributed by atoms with Gasteiger partial charge in [0.2, 0.25) is 5.91 Å². The molecule has 1 unspecified atom stereocenters. The van der Waals surface area contributed by atoms with Crippen molar-refractivity contribution in [3.8, 4) is 11.5 Å². The molecule has 2 saturated heterocycles. The number of amides is 2. The van der Waals surface area contributed by atoms with Gasteiger partial charge in [-0.05, 0) is 31.4 Å². The van der Waals surface area contributed by atoms with E-state index in [4.69, 9.17) is 14.2 Å². The summed E-state index contributed by atoms with van der Waals surface area (Å²) in [6, 6.07) is 9.21. The number of methoxy groups -OCH3 is 1. The van der Waals surface area contributed by atoms with Gasteiger partial charge in [0.1, 0.15) is 5.82 Å². The molecule has 0 bridgehead atoms. The molecule has 0 spiro atoms. The monoisotopic (exact) mass is 428 g/mol. The minimum absolute atomic E-state index is 0.0275. The van der Waals surface area contributed by atoms with E-state index in [0.717, 1.165) is 19.3 Å². The van der Waals surface area contributed by atoms with Gasteiger partial charge < -0.3 is 24.4 Å². The maximum absolute atomic E-state index is 12.6. The van der Waals surface area contributed by atoms with Crippen LogP contribution in [0.1, 0.15) is 25.3 Å². The third kappa shape index (κ3) is 4.99. The molecule has 166 valence electrons. The van der Waals surface area contributed by atoms with Gasteiger partial charge >= 0.3 is 0 Å². The Hall–Kier alpha value is -3.07. The van der Waals surface area contributed by atoms with Crippen molar-refractivity contribution in [2.24, 2.45) is 5.92 Å². The van der Waals surface area contributed by atoms with Gasteiger partial charge in [0, 0.05) is 25.8 Å². The maximum atomic E-state index is 12.6. The van der Waals surface area contributed by atoms with E-state index >= 15 is 0 Å². The highest BCUT2D eigenvalue weighted by Gasteiger charge is 2.28. The van der Waals surface area contributed by atoms with Gasteiger partial charge in [-0.2, -0.15) is 5.10 Å². The van der Waals surface area contributed by atoms with Crippen LogP contribution < -0.4 is 14.8 Å². The topological polar surface area (TPSA) is 94.9 Å². The zero-order valence-corrected chi connectivity index (χ0v) is 17.7. The van der Waals surface area contributed by atoms with Gasteiger partial charge in [0.15, 0.2) is 18.1 Å². The van der Waals surface area contributed by atoms with Crippen LogP contribution in [0.4, 0.5) is 5.82 Å². The van der Waals surface area contributed by atoms with Crippen LogP contribution in [0.25, 0.3) is 0 Å². The molecule has 2 aromatic rings. The first-order valence-electron chi connectivity index (χ1n) is 10.6. The first-order chi connectivity index (χ1) is 15.2. The number of nitrogens with zero attached hydrogens (tertiary/aromatic N) is 3. The summed E-state index contributed by atoms with van der Waals surface area (Å²) in [6.45, 7) is 2.30. The summed E-state index contributed by atoms with van der Waals surface area (Å²) in [7, 11) is 1.57. The molecule has 9 heteroatoms. The van der Waals surface area contributed by atoms with Crippen LogP contribution in [0.2, 0.25) is 0 Å². The second-order valence-electron chi connectivity index (χ2n) is 7.76. The number of hydrogen-bond acceptors (Lipinski definition) is 6. The van der Waals surface area contributed by atoms with Gasteiger partial charge in [0.25, 0.3) is 5.91 Å². The summed E-state index contributed by atoms with van der Waals surface area (Å²) in [4.78, 5) is 26.8. The third-order valence-corrected chi connectivity index (χ3v) is 5.81. The molecule has 9 nitrogen and oxygen atoms in total. The number of benzene rings is 1. The summed E-state index contributed by atoms with van der Waals surface area (Å²) in [5.74, 6) is 1.66. The minimum atomic E-state index is -0.106. The van der Waals surface area contributed by atoms with E-state index in [9.17, 15) is 9.59 Å². The summed E-state index contributed by atoms with van der Waals surface area (Å²) in [5, 5.41) is 7.40. The summed E-state index contributed by atoms with van der Waals surface area (Å²) in [6.07, 6.45) is 3.96. The number of para-hydroxylation sites is 2. The van der Waals surface area contributed by atoms with Crippen molar-refractivity contribution < 1.29 is 23.8 Å². The zero-order valence-electron chi connectivity index (χ0n) is 17.7. The lowest BCUT2D eigenvalue weighted by Crippen LogP contribution is -2.41. The van der Waals surface area contributed by atoms with Crippen molar-refractivity contribution in [2.45, 2.75) is 25.3 Å². The molecule has 0 aliphatic carbocycles. The van der Waals surface area contributed by atoms with E-state index in [1.54, 1.807) is 25.4 Å². The highest BCUT2D eigenvalue weighted by atomic mass is 16.5. The van der Waals surface area contributed by atoms with E-state index in [0.29, 0.717) is 43.6 Å². The van der Waals surface area contributed by atoms with Crippen LogP contribution in [0, 0.1) is 5.92 Å². The average molecular weight is 428 g/mol. The van der Waals surface area contributed by atoms with Crippen molar-refractivity contribution in [3.63, 3.8) is 0 Å². The average Bonchev–Trinajstić information content (AvgIpc) is 3.50. The molecule has 1 atom stereocenters. The maximum Gasteiger partial charge on any atom is 0.260 e.